The minimum atomic E-state index is -0.278. The normalized spacial score (nSPS) is 10.1. The lowest BCUT2D eigenvalue weighted by Gasteiger charge is -2.16. The molecule has 6 heteroatoms. The largest absolute Gasteiger partial charge is 0.497 e. The number of hydrogen-bond donors (Lipinski definition) is 1. The maximum atomic E-state index is 12.0. The molecule has 116 valence electrons. The average molecular weight is 318 g/mol. The van der Waals surface area contributed by atoms with Crippen LogP contribution in [0.3, 0.4) is 0 Å². The maximum Gasteiger partial charge on any atom is 0.251 e. The van der Waals surface area contributed by atoms with Gasteiger partial charge in [0.1, 0.15) is 5.75 Å². The van der Waals surface area contributed by atoms with Gasteiger partial charge in [-0.3, -0.25) is 9.59 Å². The zero-order chi connectivity index (χ0) is 15.9. The zero-order valence-corrected chi connectivity index (χ0v) is 13.4. The summed E-state index contributed by atoms with van der Waals surface area (Å²) in [5.74, 6) is 0.274. The van der Waals surface area contributed by atoms with E-state index < -0.39 is 0 Å². The Balaban J connectivity index is 1.83. The summed E-state index contributed by atoms with van der Waals surface area (Å²) in [6.07, 6.45) is 0. The van der Waals surface area contributed by atoms with Crippen molar-refractivity contribution in [2.24, 2.45) is 0 Å². The van der Waals surface area contributed by atoms with Crippen molar-refractivity contribution < 1.29 is 14.3 Å². The number of nitrogens with zero attached hydrogens (tertiary/aromatic N) is 1. The van der Waals surface area contributed by atoms with Crippen LogP contribution in [-0.4, -0.2) is 37.4 Å². The lowest BCUT2D eigenvalue weighted by Crippen LogP contribution is -2.37. The van der Waals surface area contributed by atoms with Crippen LogP contribution in [0.25, 0.3) is 0 Å². The highest BCUT2D eigenvalue weighted by Gasteiger charge is 2.12. The molecule has 2 rings (SSSR count). The Bertz CT molecular complexity index is 623. The summed E-state index contributed by atoms with van der Waals surface area (Å²) in [5, 5.41) is 6.60. The van der Waals surface area contributed by atoms with Crippen LogP contribution < -0.4 is 10.1 Å². The Morgan fingerprint density at radius 2 is 1.95 bits per heavy atom. The standard InChI is InChI=1S/C16H18N2O3S/c1-18(10-12-7-8-22-11-12)15(19)9-17-16(20)13-3-5-14(21-2)6-4-13/h3-8,11H,9-10H2,1-2H3,(H,17,20). The van der Waals surface area contributed by atoms with E-state index in [4.69, 9.17) is 4.74 Å². The third-order valence-corrected chi connectivity index (χ3v) is 3.91. The quantitative estimate of drug-likeness (QED) is 0.888. The Hall–Kier alpha value is -2.34. The van der Waals surface area contributed by atoms with Gasteiger partial charge in [-0.15, -0.1) is 0 Å². The molecule has 0 atom stereocenters. The summed E-state index contributed by atoms with van der Waals surface area (Å²) in [6, 6.07) is 8.71. The number of amides is 2. The van der Waals surface area contributed by atoms with Crippen LogP contribution in [0.5, 0.6) is 5.75 Å². The van der Waals surface area contributed by atoms with Gasteiger partial charge in [-0.1, -0.05) is 0 Å². The fraction of sp³-hybridized carbons (Fsp3) is 0.250. The second kappa shape index (κ2) is 7.61. The summed E-state index contributed by atoms with van der Waals surface area (Å²) in [5.41, 5.74) is 1.58. The van der Waals surface area contributed by atoms with Crippen LogP contribution >= 0.6 is 11.3 Å². The molecule has 0 unspecified atom stereocenters. The fourth-order valence-electron chi connectivity index (χ4n) is 1.88. The number of benzene rings is 1. The number of nitrogens with one attached hydrogen (secondary N) is 1. The smallest absolute Gasteiger partial charge is 0.251 e. The van der Waals surface area contributed by atoms with Gasteiger partial charge in [0, 0.05) is 19.2 Å². The molecule has 0 aliphatic carbocycles. The van der Waals surface area contributed by atoms with Crippen molar-refractivity contribution in [3.8, 4) is 5.75 Å². The summed E-state index contributed by atoms with van der Waals surface area (Å²) >= 11 is 1.59. The molecule has 1 N–H and O–H groups in total. The van der Waals surface area contributed by atoms with E-state index in [-0.39, 0.29) is 18.4 Å². The molecule has 0 aliphatic rings. The predicted molar refractivity (Wildman–Crippen MR) is 86.1 cm³/mol. The number of rotatable bonds is 6. The Morgan fingerprint density at radius 3 is 2.55 bits per heavy atom. The monoisotopic (exact) mass is 318 g/mol. The van der Waals surface area contributed by atoms with Crippen molar-refractivity contribution in [3.63, 3.8) is 0 Å². The number of carbonyl (C=O) groups is 2. The first-order valence-electron chi connectivity index (χ1n) is 6.77. The molecule has 5 nitrogen and oxygen atoms in total. The van der Waals surface area contributed by atoms with Gasteiger partial charge >= 0.3 is 0 Å². The van der Waals surface area contributed by atoms with E-state index in [1.807, 2.05) is 16.8 Å². The second-order valence-corrected chi connectivity index (χ2v) is 5.57. The Morgan fingerprint density at radius 1 is 1.23 bits per heavy atom. The van der Waals surface area contributed by atoms with E-state index in [1.54, 1.807) is 54.7 Å². The van der Waals surface area contributed by atoms with Gasteiger partial charge in [0.15, 0.2) is 0 Å². The predicted octanol–water partition coefficient (Wildman–Crippen LogP) is 2.15. The van der Waals surface area contributed by atoms with Crippen LogP contribution in [0.15, 0.2) is 41.1 Å². The van der Waals surface area contributed by atoms with E-state index in [1.165, 1.54) is 0 Å². The number of thiophene rings is 1. The summed E-state index contributed by atoms with van der Waals surface area (Å²) in [4.78, 5) is 25.6. The highest BCUT2D eigenvalue weighted by atomic mass is 32.1. The van der Waals surface area contributed by atoms with Crippen molar-refractivity contribution >= 4 is 23.2 Å². The van der Waals surface area contributed by atoms with Crippen molar-refractivity contribution in [1.82, 2.24) is 10.2 Å². The molecule has 0 saturated heterocycles. The summed E-state index contributed by atoms with van der Waals surface area (Å²) < 4.78 is 5.04. The molecule has 0 bridgehead atoms. The van der Waals surface area contributed by atoms with Gasteiger partial charge in [0.05, 0.1) is 13.7 Å². The molecule has 1 heterocycles. The molecule has 0 radical (unpaired) electrons. The fourth-order valence-corrected chi connectivity index (χ4v) is 2.54. The van der Waals surface area contributed by atoms with Crippen molar-refractivity contribution in [1.29, 1.82) is 0 Å². The first kappa shape index (κ1) is 16.0. The third-order valence-electron chi connectivity index (χ3n) is 3.18. The van der Waals surface area contributed by atoms with Crippen molar-refractivity contribution in [2.75, 3.05) is 20.7 Å². The highest BCUT2D eigenvalue weighted by Crippen LogP contribution is 2.11. The first-order chi connectivity index (χ1) is 10.6. The van der Waals surface area contributed by atoms with Crippen LogP contribution in [0, 0.1) is 0 Å². The average Bonchev–Trinajstić information content (AvgIpc) is 3.05. The molecule has 1 aromatic carbocycles. The number of carbonyl (C=O) groups excluding carboxylic acids is 2. The summed E-state index contributed by atoms with van der Waals surface area (Å²) in [6.45, 7) is 0.520. The van der Waals surface area contributed by atoms with Gasteiger partial charge in [-0.25, -0.2) is 0 Å². The SMILES string of the molecule is COc1ccc(C(=O)NCC(=O)N(C)Cc2ccsc2)cc1. The van der Waals surface area contributed by atoms with Crippen LogP contribution in [-0.2, 0) is 11.3 Å². The number of hydrogen-bond acceptors (Lipinski definition) is 4. The minimum Gasteiger partial charge on any atom is -0.497 e. The number of methoxy groups -OCH3 is 1. The summed E-state index contributed by atoms with van der Waals surface area (Å²) in [7, 11) is 3.29. The van der Waals surface area contributed by atoms with Crippen LogP contribution in [0.4, 0.5) is 0 Å². The molecule has 0 aliphatic heterocycles. The molecule has 2 amide bonds. The highest BCUT2D eigenvalue weighted by molar-refractivity contribution is 7.07. The second-order valence-electron chi connectivity index (χ2n) is 4.79. The van der Waals surface area contributed by atoms with Gasteiger partial charge in [-0.2, -0.15) is 11.3 Å². The van der Waals surface area contributed by atoms with Crippen LogP contribution in [0.2, 0.25) is 0 Å². The van der Waals surface area contributed by atoms with E-state index >= 15 is 0 Å². The topological polar surface area (TPSA) is 58.6 Å². The van der Waals surface area contributed by atoms with Gasteiger partial charge in [-0.05, 0) is 46.7 Å². The molecule has 0 spiro atoms. The molecular formula is C16H18N2O3S. The van der Waals surface area contributed by atoms with Gasteiger partial charge in [0.25, 0.3) is 5.91 Å². The molecule has 2 aromatic rings. The molecule has 0 saturated carbocycles. The van der Waals surface area contributed by atoms with E-state index in [0.717, 1.165) is 5.56 Å². The lowest BCUT2D eigenvalue weighted by atomic mass is 10.2. The molecule has 1 aromatic heterocycles. The van der Waals surface area contributed by atoms with E-state index in [2.05, 4.69) is 5.32 Å². The van der Waals surface area contributed by atoms with Crippen LogP contribution in [0.1, 0.15) is 15.9 Å². The Kier molecular flexibility index (Phi) is 5.55. The number of ether oxygens (including phenoxy) is 1. The lowest BCUT2D eigenvalue weighted by molar-refractivity contribution is -0.129. The van der Waals surface area contributed by atoms with Gasteiger partial charge in [0.2, 0.25) is 5.91 Å². The molecule has 22 heavy (non-hydrogen) atoms. The minimum absolute atomic E-state index is 0.0223. The van der Waals surface area contributed by atoms with Gasteiger partial charge < -0.3 is 15.0 Å². The van der Waals surface area contributed by atoms with Crippen molar-refractivity contribution in [3.05, 3.63) is 52.2 Å². The Labute approximate surface area is 133 Å². The van der Waals surface area contributed by atoms with Crippen molar-refractivity contribution in [2.45, 2.75) is 6.54 Å². The number of likely N-dealkylation sites (N-methyl/N-ethyl adjacent to an activating group) is 1. The third kappa shape index (κ3) is 4.33. The maximum absolute atomic E-state index is 12.0. The zero-order valence-electron chi connectivity index (χ0n) is 12.5. The molecular weight excluding hydrogens is 300 g/mol. The molecule has 0 fully saturated rings. The first-order valence-corrected chi connectivity index (χ1v) is 7.71. The van der Waals surface area contributed by atoms with E-state index in [9.17, 15) is 9.59 Å². The van der Waals surface area contributed by atoms with E-state index in [0.29, 0.717) is 17.9 Å².